The summed E-state index contributed by atoms with van der Waals surface area (Å²) in [5.41, 5.74) is 0. The molecule has 4 nitrogen and oxygen atoms in total. The molecule has 1 saturated heterocycles. The van der Waals surface area contributed by atoms with Crippen LogP contribution in [0.15, 0.2) is 0 Å². The molecule has 2 N–H and O–H groups in total. The highest BCUT2D eigenvalue weighted by Gasteiger charge is 2.48. The van der Waals surface area contributed by atoms with E-state index < -0.39 is 25.2 Å². The Labute approximate surface area is 106 Å². The smallest absolute Gasteiger partial charge is 0.232 e. The Hall–Kier alpha value is 0.708. The van der Waals surface area contributed by atoms with E-state index in [0.29, 0.717) is 9.84 Å². The molecule has 0 atom stereocenters. The van der Waals surface area contributed by atoms with Crippen LogP contribution in [0.2, 0.25) is 39.3 Å². The Morgan fingerprint density at radius 1 is 0.750 bits per heavy atom. The monoisotopic (exact) mass is 290 g/mol. The van der Waals surface area contributed by atoms with Crippen LogP contribution in [0, 0.1) is 0 Å². The number of hydrogen-bond acceptors (Lipinski definition) is 4. The standard InChI is InChI=1S/C8H26N4Si4/c1-11-14(3,4)9-13-10-15(5,6)12(2)16(11,7)8/h9-10H,1-8H3. The SMILES string of the molecule is CN1[Si](C)(C)N[Si]N[Si](C)(C)N(C)[Si]1(C)C. The molecule has 0 amide bonds. The molecule has 1 aliphatic heterocycles. The summed E-state index contributed by atoms with van der Waals surface area (Å²) in [6, 6.07) is 0. The Morgan fingerprint density at radius 3 is 1.38 bits per heavy atom. The lowest BCUT2D eigenvalue weighted by atomic mass is 11.6. The first-order valence-electron chi connectivity index (χ1n) is 5.79. The van der Waals surface area contributed by atoms with Crippen LogP contribution in [0.5, 0.6) is 0 Å². The molecular weight excluding hydrogens is 264 g/mol. The predicted molar refractivity (Wildman–Crippen MR) is 80.0 cm³/mol. The highest BCUT2D eigenvalue weighted by atomic mass is 28.5. The fraction of sp³-hybridized carbons (Fsp3) is 1.00. The van der Waals surface area contributed by atoms with Crippen LogP contribution in [-0.4, -0.2) is 57.6 Å². The molecule has 0 aromatic carbocycles. The quantitative estimate of drug-likeness (QED) is 0.643. The minimum atomic E-state index is -1.48. The maximum atomic E-state index is 3.77. The molecule has 1 fully saturated rings. The van der Waals surface area contributed by atoms with E-state index in [2.05, 4.69) is 71.1 Å². The van der Waals surface area contributed by atoms with Crippen molar-refractivity contribution in [2.75, 3.05) is 14.1 Å². The van der Waals surface area contributed by atoms with Crippen molar-refractivity contribution >= 4 is 35.0 Å². The average molecular weight is 291 g/mol. The van der Waals surface area contributed by atoms with Gasteiger partial charge >= 0.3 is 0 Å². The van der Waals surface area contributed by atoms with Crippen molar-refractivity contribution in [1.82, 2.24) is 17.8 Å². The van der Waals surface area contributed by atoms with E-state index in [1.807, 2.05) is 0 Å². The summed E-state index contributed by atoms with van der Waals surface area (Å²) in [6.45, 7) is 14.6. The second-order valence-electron chi connectivity index (χ2n) is 6.11. The van der Waals surface area contributed by atoms with Crippen molar-refractivity contribution < 1.29 is 0 Å². The van der Waals surface area contributed by atoms with Gasteiger partial charge in [-0.25, -0.2) is 0 Å². The van der Waals surface area contributed by atoms with Gasteiger partial charge in [-0.05, 0) is 53.4 Å². The van der Waals surface area contributed by atoms with Crippen LogP contribution in [0.25, 0.3) is 0 Å². The van der Waals surface area contributed by atoms with Gasteiger partial charge in [0.2, 0.25) is 9.84 Å². The molecule has 0 spiro atoms. The van der Waals surface area contributed by atoms with Crippen molar-refractivity contribution in [2.45, 2.75) is 39.3 Å². The largest absolute Gasteiger partial charge is 0.337 e. The molecule has 2 radical (unpaired) electrons. The lowest BCUT2D eigenvalue weighted by Crippen LogP contribution is -2.82. The normalized spacial score (nSPS) is 30.8. The Bertz CT molecular complexity index is 245. The molecule has 16 heavy (non-hydrogen) atoms. The maximum Gasteiger partial charge on any atom is 0.232 e. The van der Waals surface area contributed by atoms with Gasteiger partial charge in [-0.2, -0.15) is 0 Å². The van der Waals surface area contributed by atoms with Crippen molar-refractivity contribution in [3.05, 3.63) is 0 Å². The van der Waals surface area contributed by atoms with Gasteiger partial charge in [0, 0.05) is 0 Å². The Balaban J connectivity index is 3.08. The molecule has 1 aliphatic rings. The lowest BCUT2D eigenvalue weighted by molar-refractivity contribution is 0.602. The van der Waals surface area contributed by atoms with Crippen molar-refractivity contribution in [1.29, 1.82) is 0 Å². The van der Waals surface area contributed by atoms with Gasteiger partial charge in [-0.1, -0.05) is 0 Å². The van der Waals surface area contributed by atoms with E-state index >= 15 is 0 Å². The zero-order chi connectivity index (χ0) is 12.8. The summed E-state index contributed by atoms with van der Waals surface area (Å²) in [7, 11) is 0.984. The first kappa shape index (κ1) is 14.8. The molecule has 0 aromatic heterocycles. The second kappa shape index (κ2) is 4.43. The van der Waals surface area contributed by atoms with Crippen LogP contribution in [-0.2, 0) is 0 Å². The molecule has 1 rings (SSSR count). The van der Waals surface area contributed by atoms with E-state index in [0.717, 1.165) is 0 Å². The third-order valence-electron chi connectivity index (χ3n) is 4.06. The molecule has 0 aliphatic carbocycles. The predicted octanol–water partition coefficient (Wildman–Crippen LogP) is 0.682. The molecule has 0 aromatic rings. The van der Waals surface area contributed by atoms with Crippen LogP contribution in [0.3, 0.4) is 0 Å². The molecule has 0 unspecified atom stereocenters. The van der Waals surface area contributed by atoms with E-state index in [4.69, 9.17) is 0 Å². The number of nitrogens with zero attached hydrogens (tertiary/aromatic N) is 2. The van der Waals surface area contributed by atoms with Crippen LogP contribution < -0.4 is 9.30 Å². The van der Waals surface area contributed by atoms with E-state index in [1.54, 1.807) is 0 Å². The summed E-state index contributed by atoms with van der Waals surface area (Å²) >= 11 is 0. The summed E-state index contributed by atoms with van der Waals surface area (Å²) in [4.78, 5) is 0. The van der Waals surface area contributed by atoms with E-state index in [9.17, 15) is 0 Å². The minimum Gasteiger partial charge on any atom is -0.337 e. The highest BCUT2D eigenvalue weighted by Crippen LogP contribution is 2.23. The average Bonchev–Trinajstić information content (AvgIpc) is 2.13. The lowest BCUT2D eigenvalue weighted by Gasteiger charge is -2.55. The van der Waals surface area contributed by atoms with Crippen LogP contribution >= 0.6 is 0 Å². The third-order valence-corrected chi connectivity index (χ3v) is 23.2. The third kappa shape index (κ3) is 2.58. The van der Waals surface area contributed by atoms with Gasteiger partial charge < -0.3 is 17.8 Å². The zero-order valence-corrected chi connectivity index (χ0v) is 15.9. The Kier molecular flexibility index (Phi) is 4.08. The summed E-state index contributed by atoms with van der Waals surface area (Å²) in [5, 5.41) is 0. The molecular formula is C8H26N4Si4. The van der Waals surface area contributed by atoms with Crippen molar-refractivity contribution in [3.8, 4) is 0 Å². The molecule has 94 valence electrons. The Morgan fingerprint density at radius 2 is 1.06 bits per heavy atom. The number of hydrogen-bond donors (Lipinski definition) is 2. The fourth-order valence-electron chi connectivity index (χ4n) is 2.10. The maximum absolute atomic E-state index is 3.77. The molecule has 8 heteroatoms. The first-order chi connectivity index (χ1) is 7.02. The fourth-order valence-corrected chi connectivity index (χ4v) is 20.3. The van der Waals surface area contributed by atoms with Gasteiger partial charge in [0.1, 0.15) is 0 Å². The van der Waals surface area contributed by atoms with Crippen molar-refractivity contribution in [2.24, 2.45) is 0 Å². The minimum absolute atomic E-state index is 0.703. The van der Waals surface area contributed by atoms with Crippen LogP contribution in [0.4, 0.5) is 0 Å². The van der Waals surface area contributed by atoms with Gasteiger partial charge in [0.05, 0.1) is 0 Å². The number of rotatable bonds is 0. The summed E-state index contributed by atoms with van der Waals surface area (Å²) in [6.07, 6.45) is 0. The van der Waals surface area contributed by atoms with E-state index in [-0.39, 0.29) is 0 Å². The van der Waals surface area contributed by atoms with Gasteiger partial charge in [0.15, 0.2) is 25.2 Å². The molecule has 0 bridgehead atoms. The summed E-state index contributed by atoms with van der Waals surface area (Å²) in [5.74, 6) is 0. The molecule has 1 heterocycles. The van der Waals surface area contributed by atoms with Crippen molar-refractivity contribution in [3.63, 3.8) is 0 Å². The van der Waals surface area contributed by atoms with E-state index in [1.165, 1.54) is 0 Å². The topological polar surface area (TPSA) is 30.5 Å². The van der Waals surface area contributed by atoms with Gasteiger partial charge in [0.25, 0.3) is 0 Å². The van der Waals surface area contributed by atoms with Gasteiger partial charge in [-0.15, -0.1) is 0 Å². The number of nitrogens with one attached hydrogen (secondary N) is 2. The first-order valence-corrected chi connectivity index (χ1v) is 15.6. The second-order valence-corrected chi connectivity index (χ2v) is 21.2. The molecule has 0 saturated carbocycles. The van der Waals surface area contributed by atoms with Crippen LogP contribution in [0.1, 0.15) is 0 Å². The van der Waals surface area contributed by atoms with Gasteiger partial charge in [-0.3, -0.25) is 0 Å². The zero-order valence-electron chi connectivity index (χ0n) is 11.9. The summed E-state index contributed by atoms with van der Waals surface area (Å²) < 4.78 is 12.9. The highest BCUT2D eigenvalue weighted by molar-refractivity contribution is 6.99.